The van der Waals surface area contributed by atoms with Crippen LogP contribution in [0.15, 0.2) is 0 Å². The Morgan fingerprint density at radius 1 is 1.79 bits per heavy atom. The number of amides is 1. The Bertz CT molecular complexity index is 177. The van der Waals surface area contributed by atoms with Crippen LogP contribution < -0.4 is 5.32 Å². The zero-order valence-corrected chi connectivity index (χ0v) is 8.40. The van der Waals surface area contributed by atoms with Crippen molar-refractivity contribution >= 4 is 6.41 Å². The number of nitrogens with one attached hydrogen (secondary N) is 1. The van der Waals surface area contributed by atoms with Crippen LogP contribution in [0.25, 0.3) is 0 Å². The predicted molar refractivity (Wildman–Crippen MR) is 51.3 cm³/mol. The smallest absolute Gasteiger partial charge is 0.312 e. The molecule has 5 nitrogen and oxygen atoms in total. The molecule has 0 bridgehead atoms. The summed E-state index contributed by atoms with van der Waals surface area (Å²) in [4.78, 5) is 12.1. The van der Waals surface area contributed by atoms with Crippen LogP contribution in [0.5, 0.6) is 0 Å². The van der Waals surface area contributed by atoms with Crippen LogP contribution in [0, 0.1) is 0 Å². The maximum Gasteiger partial charge on any atom is 0.312 e. The molecule has 0 aromatic rings. The minimum atomic E-state index is -0.791. The van der Waals surface area contributed by atoms with E-state index < -0.39 is 6.29 Å². The number of aliphatic hydroxyl groups is 1. The van der Waals surface area contributed by atoms with Gasteiger partial charge in [-0.15, -0.1) is 0 Å². The molecule has 2 N–H and O–H groups in total. The fourth-order valence-electron chi connectivity index (χ4n) is 1.58. The van der Waals surface area contributed by atoms with E-state index in [-0.39, 0.29) is 6.04 Å². The molecule has 1 amide bonds. The maximum atomic E-state index is 10.6. The van der Waals surface area contributed by atoms with Crippen molar-refractivity contribution in [2.24, 2.45) is 0 Å². The van der Waals surface area contributed by atoms with Gasteiger partial charge in [0.1, 0.15) is 0 Å². The van der Waals surface area contributed by atoms with Crippen molar-refractivity contribution in [3.05, 3.63) is 0 Å². The van der Waals surface area contributed by atoms with Crippen LogP contribution >= 0.6 is 0 Å². The predicted octanol–water partition coefficient (Wildman–Crippen LogP) is -0.928. The second-order valence-corrected chi connectivity index (χ2v) is 3.29. The van der Waals surface area contributed by atoms with Crippen molar-refractivity contribution in [1.82, 2.24) is 10.2 Å². The van der Waals surface area contributed by atoms with Crippen molar-refractivity contribution in [1.29, 1.82) is 0 Å². The molecule has 81 valence electrons. The lowest BCUT2D eigenvalue weighted by Crippen LogP contribution is -2.51. The van der Waals surface area contributed by atoms with Gasteiger partial charge in [0.05, 0.1) is 0 Å². The fraction of sp³-hybridized carbons (Fsp3) is 0.889. The number of aliphatic hydroxyl groups excluding tert-OH is 1. The highest BCUT2D eigenvalue weighted by Crippen LogP contribution is 2.08. The van der Waals surface area contributed by atoms with Crippen molar-refractivity contribution in [2.45, 2.75) is 25.7 Å². The summed E-state index contributed by atoms with van der Waals surface area (Å²) < 4.78 is 5.01. The third-order valence-corrected chi connectivity index (χ3v) is 2.30. The highest BCUT2D eigenvalue weighted by atomic mass is 16.6. The van der Waals surface area contributed by atoms with Crippen molar-refractivity contribution < 1.29 is 14.6 Å². The van der Waals surface area contributed by atoms with Crippen LogP contribution in [-0.4, -0.2) is 55.0 Å². The lowest BCUT2D eigenvalue weighted by atomic mass is 10.1. The molecule has 1 aliphatic heterocycles. The Morgan fingerprint density at radius 2 is 2.57 bits per heavy atom. The zero-order chi connectivity index (χ0) is 10.4. The molecule has 0 aromatic heterocycles. The largest absolute Gasteiger partial charge is 0.368 e. The van der Waals surface area contributed by atoms with Gasteiger partial charge in [-0.2, -0.15) is 0 Å². The molecule has 1 saturated heterocycles. The number of nitrogens with zero attached hydrogens (tertiary/aromatic N) is 1. The molecule has 0 aliphatic carbocycles. The summed E-state index contributed by atoms with van der Waals surface area (Å²) in [7, 11) is 0. The van der Waals surface area contributed by atoms with E-state index in [1.807, 2.05) is 13.3 Å². The van der Waals surface area contributed by atoms with Gasteiger partial charge in [-0.1, -0.05) is 0 Å². The normalized spacial score (nSPS) is 24.7. The molecule has 1 aliphatic rings. The van der Waals surface area contributed by atoms with Crippen LogP contribution in [0.2, 0.25) is 0 Å². The zero-order valence-electron chi connectivity index (χ0n) is 8.40. The molecule has 1 radical (unpaired) electrons. The highest BCUT2D eigenvalue weighted by Gasteiger charge is 2.23. The molecule has 1 rings (SSSR count). The molecule has 0 spiro atoms. The van der Waals surface area contributed by atoms with Crippen LogP contribution in [0.1, 0.15) is 13.3 Å². The lowest BCUT2D eigenvalue weighted by Gasteiger charge is -2.33. The third kappa shape index (κ3) is 3.25. The summed E-state index contributed by atoms with van der Waals surface area (Å²) in [5, 5.41) is 12.6. The van der Waals surface area contributed by atoms with Crippen molar-refractivity contribution in [3.63, 3.8) is 0 Å². The van der Waals surface area contributed by atoms with Crippen molar-refractivity contribution in [3.8, 4) is 0 Å². The topological polar surface area (TPSA) is 61.8 Å². The summed E-state index contributed by atoms with van der Waals surface area (Å²) in [5.74, 6) is 0. The molecule has 1 fully saturated rings. The minimum absolute atomic E-state index is 0.0113. The van der Waals surface area contributed by atoms with Crippen LogP contribution in [-0.2, 0) is 9.53 Å². The molecule has 2 atom stereocenters. The van der Waals surface area contributed by atoms with Gasteiger partial charge in [0.25, 0.3) is 0 Å². The van der Waals surface area contributed by atoms with E-state index in [0.717, 1.165) is 6.54 Å². The van der Waals surface area contributed by atoms with Gasteiger partial charge >= 0.3 is 6.41 Å². The number of hydrogen-bond acceptors (Lipinski definition) is 4. The Balaban J connectivity index is 2.35. The Kier molecular flexibility index (Phi) is 4.86. The van der Waals surface area contributed by atoms with Gasteiger partial charge in [0.15, 0.2) is 6.29 Å². The molecule has 0 aromatic carbocycles. The van der Waals surface area contributed by atoms with Gasteiger partial charge in [0, 0.05) is 38.7 Å². The van der Waals surface area contributed by atoms with E-state index >= 15 is 0 Å². The quantitative estimate of drug-likeness (QED) is 0.564. The Labute approximate surface area is 84.0 Å². The SMILES string of the molecule is CCOC(O)CC1CNCCN1[C]=O. The Hall–Kier alpha value is -0.650. The first-order valence-electron chi connectivity index (χ1n) is 4.92. The molecule has 2 unspecified atom stereocenters. The van der Waals surface area contributed by atoms with Gasteiger partial charge in [-0.3, -0.25) is 4.79 Å². The summed E-state index contributed by atoms with van der Waals surface area (Å²) in [5.41, 5.74) is 0. The first-order valence-corrected chi connectivity index (χ1v) is 4.92. The lowest BCUT2D eigenvalue weighted by molar-refractivity contribution is -0.108. The van der Waals surface area contributed by atoms with Crippen LogP contribution in [0.4, 0.5) is 0 Å². The van der Waals surface area contributed by atoms with E-state index in [9.17, 15) is 9.90 Å². The average molecular weight is 201 g/mol. The Morgan fingerprint density at radius 3 is 3.21 bits per heavy atom. The first kappa shape index (κ1) is 11.4. The number of ether oxygens (including phenoxy) is 1. The van der Waals surface area contributed by atoms with E-state index in [2.05, 4.69) is 5.32 Å². The average Bonchev–Trinajstić information content (AvgIpc) is 2.19. The molecular weight excluding hydrogens is 184 g/mol. The van der Waals surface area contributed by atoms with E-state index in [4.69, 9.17) is 4.74 Å². The van der Waals surface area contributed by atoms with Gasteiger partial charge in [-0.25, -0.2) is 0 Å². The summed E-state index contributed by atoms with van der Waals surface area (Å²) in [6.45, 7) is 4.43. The standard InChI is InChI=1S/C9H17N2O3/c1-2-14-9(13)5-8-6-10-3-4-11(8)7-12/h8-10,13H,2-6H2,1H3. The number of piperazine rings is 1. The number of carbonyl (C=O) groups excluding carboxylic acids is 1. The van der Waals surface area contributed by atoms with Gasteiger partial charge < -0.3 is 20.1 Å². The first-order chi connectivity index (χ1) is 6.77. The summed E-state index contributed by atoms with van der Waals surface area (Å²) in [6, 6.07) is -0.0113. The van der Waals surface area contributed by atoms with Gasteiger partial charge in [0.2, 0.25) is 0 Å². The van der Waals surface area contributed by atoms with E-state index in [0.29, 0.717) is 26.1 Å². The number of hydrogen-bond donors (Lipinski definition) is 2. The maximum absolute atomic E-state index is 10.6. The van der Waals surface area contributed by atoms with Crippen LogP contribution in [0.3, 0.4) is 0 Å². The molecular formula is C9H17N2O3. The highest BCUT2D eigenvalue weighted by molar-refractivity contribution is 5.49. The number of rotatable bonds is 5. The molecule has 5 heteroatoms. The monoisotopic (exact) mass is 201 g/mol. The van der Waals surface area contributed by atoms with Crippen molar-refractivity contribution in [2.75, 3.05) is 26.2 Å². The molecule has 0 saturated carbocycles. The van der Waals surface area contributed by atoms with E-state index in [1.165, 1.54) is 0 Å². The minimum Gasteiger partial charge on any atom is -0.368 e. The molecule has 1 heterocycles. The fourth-order valence-corrected chi connectivity index (χ4v) is 1.58. The van der Waals surface area contributed by atoms with Gasteiger partial charge in [-0.05, 0) is 6.92 Å². The summed E-state index contributed by atoms with van der Waals surface area (Å²) in [6.07, 6.45) is 1.53. The molecule has 14 heavy (non-hydrogen) atoms. The third-order valence-electron chi connectivity index (χ3n) is 2.30. The summed E-state index contributed by atoms with van der Waals surface area (Å²) >= 11 is 0. The second-order valence-electron chi connectivity index (χ2n) is 3.29. The van der Waals surface area contributed by atoms with E-state index in [1.54, 1.807) is 4.90 Å². The second kappa shape index (κ2) is 5.95.